The second-order valence-electron chi connectivity index (χ2n) is 14.0. The van der Waals surface area contributed by atoms with E-state index < -0.39 is 39.9 Å². The molecule has 1 amide bonds. The number of aryl methyl sites for hydroxylation is 1. The number of thiocarbonyl (C=S) groups is 1. The number of alkyl halides is 3. The van der Waals surface area contributed by atoms with E-state index in [1.165, 1.54) is 6.07 Å². The molecule has 2 aromatic rings. The Bertz CT molecular complexity index is 1600. The van der Waals surface area contributed by atoms with E-state index in [0.29, 0.717) is 31.0 Å². The molecule has 0 radical (unpaired) electrons. The lowest BCUT2D eigenvalue weighted by molar-refractivity contribution is -0.169. The van der Waals surface area contributed by atoms with Crippen LogP contribution in [0.5, 0.6) is 5.75 Å². The molecule has 2 aliphatic heterocycles. The standard InChI is InChI=1S/C35H44F3N5O4S/c1-9-23-20-26(43-31(48)42(29(44)33(43,5)6)25-11-10-24(22-39)27(21-25)35(36,37)38)12-13-28(23)46-19-18-40-14-16-41(17-15-40)34(7,8)30(45)47-32(2,3)4/h10-13,20-21H,9,14-19H2,1-8H3. The Morgan fingerprint density at radius 1 is 1.00 bits per heavy atom. The summed E-state index contributed by atoms with van der Waals surface area (Å²) < 4.78 is 53.0. The molecule has 0 N–H and O–H groups in total. The fourth-order valence-electron chi connectivity index (χ4n) is 5.93. The molecule has 0 atom stereocenters. The first-order chi connectivity index (χ1) is 22.2. The Hall–Kier alpha value is -3.73. The summed E-state index contributed by atoms with van der Waals surface area (Å²) >= 11 is 5.69. The number of ether oxygens (including phenoxy) is 2. The van der Waals surface area contributed by atoms with E-state index in [1.54, 1.807) is 30.9 Å². The third-order valence-electron chi connectivity index (χ3n) is 8.76. The highest BCUT2D eigenvalue weighted by molar-refractivity contribution is 7.81. The molecular weight excluding hydrogens is 643 g/mol. The number of carbonyl (C=O) groups excluding carboxylic acids is 2. The molecule has 0 aromatic heterocycles. The number of piperazine rings is 1. The second kappa shape index (κ2) is 13.6. The number of esters is 1. The number of hydrogen-bond acceptors (Lipinski definition) is 8. The molecule has 4 rings (SSSR count). The van der Waals surface area contributed by atoms with Crippen molar-refractivity contribution in [2.24, 2.45) is 0 Å². The van der Waals surface area contributed by atoms with Crippen LogP contribution in [0.2, 0.25) is 0 Å². The Morgan fingerprint density at radius 2 is 1.62 bits per heavy atom. The van der Waals surface area contributed by atoms with E-state index in [1.807, 2.05) is 53.7 Å². The van der Waals surface area contributed by atoms with Crippen molar-refractivity contribution < 1.29 is 32.2 Å². The number of amides is 1. The first-order valence-corrected chi connectivity index (χ1v) is 16.4. The van der Waals surface area contributed by atoms with Gasteiger partial charge in [0.05, 0.1) is 22.9 Å². The maximum absolute atomic E-state index is 13.7. The lowest BCUT2D eigenvalue weighted by Gasteiger charge is -2.43. The lowest BCUT2D eigenvalue weighted by Crippen LogP contribution is -2.59. The highest BCUT2D eigenvalue weighted by atomic mass is 32.1. The lowest BCUT2D eigenvalue weighted by atomic mass is 10.0. The zero-order valence-electron chi connectivity index (χ0n) is 28.8. The van der Waals surface area contributed by atoms with Gasteiger partial charge >= 0.3 is 12.1 Å². The smallest absolute Gasteiger partial charge is 0.417 e. The van der Waals surface area contributed by atoms with E-state index in [-0.39, 0.29) is 16.8 Å². The van der Waals surface area contributed by atoms with E-state index in [2.05, 4.69) is 9.80 Å². The minimum absolute atomic E-state index is 0.0348. The fraction of sp³-hybridized carbons (Fsp3) is 0.543. The van der Waals surface area contributed by atoms with E-state index >= 15 is 0 Å². The summed E-state index contributed by atoms with van der Waals surface area (Å²) in [5, 5.41) is 9.23. The van der Waals surface area contributed by atoms with Crippen molar-refractivity contribution in [2.75, 3.05) is 49.1 Å². The van der Waals surface area contributed by atoms with Crippen molar-refractivity contribution in [3.05, 3.63) is 53.1 Å². The monoisotopic (exact) mass is 687 g/mol. The van der Waals surface area contributed by atoms with Crippen LogP contribution >= 0.6 is 12.2 Å². The van der Waals surface area contributed by atoms with E-state index in [0.717, 1.165) is 48.8 Å². The minimum atomic E-state index is -4.78. The zero-order chi connectivity index (χ0) is 35.8. The number of nitrogens with zero attached hydrogens (tertiary/aromatic N) is 5. The van der Waals surface area contributed by atoms with Gasteiger partial charge in [0.15, 0.2) is 5.11 Å². The minimum Gasteiger partial charge on any atom is -0.492 e. The molecule has 0 unspecified atom stereocenters. The molecule has 13 heteroatoms. The number of halogens is 3. The molecule has 48 heavy (non-hydrogen) atoms. The molecule has 2 heterocycles. The summed E-state index contributed by atoms with van der Waals surface area (Å²) in [5.74, 6) is -0.0282. The largest absolute Gasteiger partial charge is 0.492 e. The Balaban J connectivity index is 1.43. The molecule has 0 bridgehead atoms. The second-order valence-corrected chi connectivity index (χ2v) is 14.4. The highest BCUT2D eigenvalue weighted by Gasteiger charge is 2.51. The first-order valence-electron chi connectivity index (χ1n) is 16.0. The van der Waals surface area contributed by atoms with Gasteiger partial charge < -0.3 is 14.4 Å². The predicted octanol–water partition coefficient (Wildman–Crippen LogP) is 6.17. The van der Waals surface area contributed by atoms with Crippen molar-refractivity contribution in [1.29, 1.82) is 5.26 Å². The molecule has 260 valence electrons. The van der Waals surface area contributed by atoms with Crippen molar-refractivity contribution in [2.45, 2.75) is 84.7 Å². The Morgan fingerprint density at radius 3 is 2.19 bits per heavy atom. The van der Waals surface area contributed by atoms with Crippen LogP contribution < -0.4 is 14.5 Å². The maximum atomic E-state index is 13.7. The predicted molar refractivity (Wildman–Crippen MR) is 182 cm³/mol. The molecule has 2 fully saturated rings. The first kappa shape index (κ1) is 37.1. The van der Waals surface area contributed by atoms with Gasteiger partial charge in [0.25, 0.3) is 5.91 Å². The number of hydrogen-bond donors (Lipinski definition) is 0. The van der Waals surface area contributed by atoms with Crippen LogP contribution in [0.25, 0.3) is 0 Å². The van der Waals surface area contributed by atoms with Gasteiger partial charge in [-0.25, -0.2) is 0 Å². The van der Waals surface area contributed by atoms with E-state index in [9.17, 15) is 28.0 Å². The summed E-state index contributed by atoms with van der Waals surface area (Å²) in [6.45, 7) is 18.9. The average molecular weight is 688 g/mol. The van der Waals surface area contributed by atoms with Crippen molar-refractivity contribution in [1.82, 2.24) is 9.80 Å². The quantitative estimate of drug-likeness (QED) is 0.227. The van der Waals surface area contributed by atoms with Crippen LogP contribution in [-0.4, -0.2) is 82.8 Å². The van der Waals surface area contributed by atoms with Gasteiger partial charge in [-0.05, 0) is 109 Å². The van der Waals surface area contributed by atoms with Crippen LogP contribution in [0.3, 0.4) is 0 Å². The maximum Gasteiger partial charge on any atom is 0.417 e. The number of rotatable bonds is 9. The van der Waals surface area contributed by atoms with Crippen LogP contribution in [0.1, 0.15) is 72.1 Å². The molecule has 0 saturated carbocycles. The van der Waals surface area contributed by atoms with E-state index in [4.69, 9.17) is 21.7 Å². The normalized spacial score (nSPS) is 17.9. The van der Waals surface area contributed by atoms with Gasteiger partial charge in [-0.15, -0.1) is 0 Å². The number of nitriles is 1. The van der Waals surface area contributed by atoms with Gasteiger partial charge in [-0.3, -0.25) is 24.3 Å². The topological polar surface area (TPSA) is 89.4 Å². The Labute approximate surface area is 286 Å². The van der Waals surface area contributed by atoms with Crippen LogP contribution in [0.4, 0.5) is 24.5 Å². The van der Waals surface area contributed by atoms with Gasteiger partial charge in [-0.1, -0.05) is 6.92 Å². The number of anilines is 2. The molecular formula is C35H44F3N5O4S. The molecule has 0 spiro atoms. The summed E-state index contributed by atoms with van der Waals surface area (Å²) in [6, 6.07) is 10.2. The summed E-state index contributed by atoms with van der Waals surface area (Å²) in [7, 11) is 0. The summed E-state index contributed by atoms with van der Waals surface area (Å²) in [5.41, 5.74) is -2.70. The zero-order valence-corrected chi connectivity index (χ0v) is 29.6. The number of carbonyl (C=O) groups is 2. The Kier molecular flexibility index (Phi) is 10.5. The molecule has 2 aromatic carbocycles. The third-order valence-corrected chi connectivity index (χ3v) is 9.13. The molecule has 2 saturated heterocycles. The van der Waals surface area contributed by atoms with Gasteiger partial charge in [0, 0.05) is 38.4 Å². The molecule has 9 nitrogen and oxygen atoms in total. The number of benzene rings is 2. The van der Waals surface area contributed by atoms with Crippen molar-refractivity contribution in [3.8, 4) is 11.8 Å². The third kappa shape index (κ3) is 7.61. The van der Waals surface area contributed by atoms with Crippen LogP contribution in [0.15, 0.2) is 36.4 Å². The molecule has 2 aliphatic rings. The average Bonchev–Trinajstić information content (AvgIpc) is 3.18. The van der Waals surface area contributed by atoms with Gasteiger partial charge in [0.1, 0.15) is 29.0 Å². The SMILES string of the molecule is CCc1cc(N2C(=S)N(c3ccc(C#N)c(C(F)(F)F)c3)C(=O)C2(C)C)ccc1OCCN1CCN(C(C)(C)C(=O)OC(C)(C)C)CC1. The van der Waals surface area contributed by atoms with Crippen molar-refractivity contribution in [3.63, 3.8) is 0 Å². The van der Waals surface area contributed by atoms with Crippen LogP contribution in [0, 0.1) is 11.3 Å². The molecule has 0 aliphatic carbocycles. The highest BCUT2D eigenvalue weighted by Crippen LogP contribution is 2.40. The summed E-state index contributed by atoms with van der Waals surface area (Å²) in [6.07, 6.45) is -4.15. The van der Waals surface area contributed by atoms with Gasteiger partial charge in [0.2, 0.25) is 0 Å². The van der Waals surface area contributed by atoms with Crippen molar-refractivity contribution >= 4 is 40.6 Å². The van der Waals surface area contributed by atoms with Crippen LogP contribution in [-0.2, 0) is 26.9 Å². The summed E-state index contributed by atoms with van der Waals surface area (Å²) in [4.78, 5) is 33.6. The fourth-order valence-corrected chi connectivity index (χ4v) is 6.45. The van der Waals surface area contributed by atoms with Gasteiger partial charge in [-0.2, -0.15) is 18.4 Å².